The van der Waals surface area contributed by atoms with Crippen LogP contribution in [0.3, 0.4) is 0 Å². The Morgan fingerprint density at radius 1 is 1.00 bits per heavy atom. The number of rotatable bonds is 3. The Labute approximate surface area is 139 Å². The van der Waals surface area contributed by atoms with Crippen LogP contribution < -0.4 is 9.64 Å². The smallest absolute Gasteiger partial charge is 0.254 e. The van der Waals surface area contributed by atoms with Gasteiger partial charge in [-0.25, -0.2) is 8.78 Å². The zero-order valence-electron chi connectivity index (χ0n) is 13.3. The van der Waals surface area contributed by atoms with Gasteiger partial charge in [0.15, 0.2) is 0 Å². The molecule has 4 nitrogen and oxygen atoms in total. The number of amides is 1. The second-order valence-electron chi connectivity index (χ2n) is 5.58. The molecule has 1 aliphatic heterocycles. The Hall–Kier alpha value is -2.63. The maximum atomic E-state index is 13.9. The molecule has 0 aromatic heterocycles. The lowest BCUT2D eigenvalue weighted by Gasteiger charge is -2.36. The summed E-state index contributed by atoms with van der Waals surface area (Å²) in [4.78, 5) is 15.9. The summed E-state index contributed by atoms with van der Waals surface area (Å²) in [5.74, 6) is -0.652. The van der Waals surface area contributed by atoms with Gasteiger partial charge in [0.25, 0.3) is 5.91 Å². The molecule has 0 aliphatic carbocycles. The largest absolute Gasteiger partial charge is 0.497 e. The minimum Gasteiger partial charge on any atom is -0.497 e. The van der Waals surface area contributed by atoms with E-state index in [1.165, 1.54) is 18.2 Å². The first kappa shape index (κ1) is 16.2. The number of halogens is 2. The fourth-order valence-electron chi connectivity index (χ4n) is 2.86. The molecule has 1 fully saturated rings. The molecule has 0 bridgehead atoms. The summed E-state index contributed by atoms with van der Waals surface area (Å²) < 4.78 is 32.9. The molecule has 0 atom stereocenters. The molecule has 1 amide bonds. The number of carbonyl (C=O) groups is 1. The third kappa shape index (κ3) is 3.18. The number of benzene rings is 2. The van der Waals surface area contributed by atoms with E-state index in [2.05, 4.69) is 0 Å². The molecule has 1 aliphatic rings. The number of hydrogen-bond donors (Lipinski definition) is 0. The third-order valence-corrected chi connectivity index (χ3v) is 4.14. The lowest BCUT2D eigenvalue weighted by atomic mass is 10.1. The number of piperazine rings is 1. The summed E-state index contributed by atoms with van der Waals surface area (Å²) in [6, 6.07) is 10.8. The van der Waals surface area contributed by atoms with E-state index >= 15 is 0 Å². The Morgan fingerprint density at radius 3 is 2.25 bits per heavy atom. The zero-order valence-corrected chi connectivity index (χ0v) is 13.3. The highest BCUT2D eigenvalue weighted by atomic mass is 19.1. The molecular weight excluding hydrogens is 314 g/mol. The number of para-hydroxylation sites is 1. The van der Waals surface area contributed by atoms with Crippen LogP contribution in [-0.4, -0.2) is 44.1 Å². The van der Waals surface area contributed by atoms with Gasteiger partial charge in [-0.2, -0.15) is 0 Å². The lowest BCUT2D eigenvalue weighted by Crippen LogP contribution is -2.49. The SMILES string of the molecule is COc1cccc(C(=O)N2CCN(c3c(F)cccc3F)CC2)c1. The molecule has 24 heavy (non-hydrogen) atoms. The standard InChI is InChI=1S/C18H18F2N2O2/c1-24-14-5-2-4-13(12-14)18(23)22-10-8-21(9-11-22)17-15(19)6-3-7-16(17)20/h2-7,12H,8-11H2,1H3. The maximum absolute atomic E-state index is 13.9. The van der Waals surface area contributed by atoms with E-state index < -0.39 is 11.6 Å². The van der Waals surface area contributed by atoms with Gasteiger partial charge < -0.3 is 14.5 Å². The molecule has 0 radical (unpaired) electrons. The van der Waals surface area contributed by atoms with Crippen molar-refractivity contribution in [1.82, 2.24) is 4.90 Å². The molecule has 0 saturated carbocycles. The van der Waals surface area contributed by atoms with Crippen molar-refractivity contribution in [1.29, 1.82) is 0 Å². The molecule has 2 aromatic rings. The van der Waals surface area contributed by atoms with Crippen LogP contribution in [0.1, 0.15) is 10.4 Å². The van der Waals surface area contributed by atoms with Crippen LogP contribution in [0.4, 0.5) is 14.5 Å². The monoisotopic (exact) mass is 332 g/mol. The number of anilines is 1. The van der Waals surface area contributed by atoms with E-state index in [4.69, 9.17) is 4.74 Å². The van der Waals surface area contributed by atoms with Crippen molar-refractivity contribution < 1.29 is 18.3 Å². The number of methoxy groups -OCH3 is 1. The van der Waals surface area contributed by atoms with E-state index in [0.29, 0.717) is 37.5 Å². The van der Waals surface area contributed by atoms with Crippen LogP contribution in [0.5, 0.6) is 5.75 Å². The van der Waals surface area contributed by atoms with E-state index in [0.717, 1.165) is 0 Å². The number of nitrogens with zero attached hydrogens (tertiary/aromatic N) is 2. The van der Waals surface area contributed by atoms with Gasteiger partial charge in [-0.15, -0.1) is 0 Å². The van der Waals surface area contributed by atoms with Crippen LogP contribution in [0.15, 0.2) is 42.5 Å². The van der Waals surface area contributed by atoms with Gasteiger partial charge in [0.2, 0.25) is 0 Å². The molecule has 2 aromatic carbocycles. The highest BCUT2D eigenvalue weighted by molar-refractivity contribution is 5.94. The fraction of sp³-hybridized carbons (Fsp3) is 0.278. The van der Waals surface area contributed by atoms with Crippen LogP contribution in [-0.2, 0) is 0 Å². The molecule has 1 saturated heterocycles. The summed E-state index contributed by atoms with van der Waals surface area (Å²) in [5, 5.41) is 0. The predicted molar refractivity (Wildman–Crippen MR) is 87.5 cm³/mol. The average molecular weight is 332 g/mol. The summed E-state index contributed by atoms with van der Waals surface area (Å²) in [6.45, 7) is 1.58. The Bertz CT molecular complexity index is 723. The van der Waals surface area contributed by atoms with Gasteiger partial charge in [-0.1, -0.05) is 12.1 Å². The highest BCUT2D eigenvalue weighted by Crippen LogP contribution is 2.25. The summed E-state index contributed by atoms with van der Waals surface area (Å²) in [7, 11) is 1.55. The Morgan fingerprint density at radius 2 is 1.62 bits per heavy atom. The average Bonchev–Trinajstić information content (AvgIpc) is 2.61. The molecule has 3 rings (SSSR count). The van der Waals surface area contributed by atoms with Crippen molar-refractivity contribution >= 4 is 11.6 Å². The van der Waals surface area contributed by atoms with E-state index in [9.17, 15) is 13.6 Å². The number of ether oxygens (including phenoxy) is 1. The summed E-state index contributed by atoms with van der Waals surface area (Å²) >= 11 is 0. The van der Waals surface area contributed by atoms with Crippen molar-refractivity contribution in [2.75, 3.05) is 38.2 Å². The van der Waals surface area contributed by atoms with Crippen LogP contribution in [0, 0.1) is 11.6 Å². The van der Waals surface area contributed by atoms with Crippen LogP contribution >= 0.6 is 0 Å². The van der Waals surface area contributed by atoms with E-state index in [-0.39, 0.29) is 11.6 Å². The van der Waals surface area contributed by atoms with Gasteiger partial charge in [0.1, 0.15) is 23.1 Å². The number of carbonyl (C=O) groups excluding carboxylic acids is 1. The van der Waals surface area contributed by atoms with E-state index in [1.807, 2.05) is 0 Å². The minimum absolute atomic E-state index is 0.0222. The second kappa shape index (κ2) is 6.86. The fourth-order valence-corrected chi connectivity index (χ4v) is 2.86. The first-order valence-electron chi connectivity index (χ1n) is 7.72. The van der Waals surface area contributed by atoms with Gasteiger partial charge in [0, 0.05) is 31.7 Å². The maximum Gasteiger partial charge on any atom is 0.254 e. The molecule has 126 valence electrons. The van der Waals surface area contributed by atoms with Crippen molar-refractivity contribution in [2.24, 2.45) is 0 Å². The molecule has 0 spiro atoms. The molecule has 0 unspecified atom stereocenters. The minimum atomic E-state index is -0.581. The quantitative estimate of drug-likeness (QED) is 0.866. The van der Waals surface area contributed by atoms with Crippen molar-refractivity contribution in [3.63, 3.8) is 0 Å². The van der Waals surface area contributed by atoms with Gasteiger partial charge in [0.05, 0.1) is 7.11 Å². The van der Waals surface area contributed by atoms with Gasteiger partial charge >= 0.3 is 0 Å². The van der Waals surface area contributed by atoms with Crippen molar-refractivity contribution in [2.45, 2.75) is 0 Å². The molecular formula is C18H18F2N2O2. The summed E-state index contributed by atoms with van der Waals surface area (Å²) in [5.41, 5.74) is 0.519. The zero-order chi connectivity index (χ0) is 17.1. The molecule has 0 N–H and O–H groups in total. The normalized spacial score (nSPS) is 14.6. The van der Waals surface area contributed by atoms with Crippen LogP contribution in [0.25, 0.3) is 0 Å². The van der Waals surface area contributed by atoms with Crippen molar-refractivity contribution in [3.8, 4) is 5.75 Å². The topological polar surface area (TPSA) is 32.8 Å². The van der Waals surface area contributed by atoms with E-state index in [1.54, 1.807) is 41.2 Å². The second-order valence-corrected chi connectivity index (χ2v) is 5.58. The molecule has 6 heteroatoms. The third-order valence-electron chi connectivity index (χ3n) is 4.14. The first-order chi connectivity index (χ1) is 11.6. The Kier molecular flexibility index (Phi) is 4.64. The summed E-state index contributed by atoms with van der Waals surface area (Å²) in [6.07, 6.45) is 0. The number of hydrogen-bond acceptors (Lipinski definition) is 3. The van der Waals surface area contributed by atoms with Crippen LogP contribution in [0.2, 0.25) is 0 Å². The highest BCUT2D eigenvalue weighted by Gasteiger charge is 2.25. The molecule has 1 heterocycles. The van der Waals surface area contributed by atoms with Gasteiger partial charge in [-0.05, 0) is 30.3 Å². The predicted octanol–water partition coefficient (Wildman–Crippen LogP) is 2.94. The first-order valence-corrected chi connectivity index (χ1v) is 7.72. The van der Waals surface area contributed by atoms with Crippen molar-refractivity contribution in [3.05, 3.63) is 59.7 Å². The Balaban J connectivity index is 1.69. The lowest BCUT2D eigenvalue weighted by molar-refractivity contribution is 0.0746. The van der Waals surface area contributed by atoms with Gasteiger partial charge in [-0.3, -0.25) is 4.79 Å².